The van der Waals surface area contributed by atoms with Gasteiger partial charge in [0.15, 0.2) is 0 Å². The van der Waals surface area contributed by atoms with Gasteiger partial charge in [-0.2, -0.15) is 0 Å². The summed E-state index contributed by atoms with van der Waals surface area (Å²) in [6.07, 6.45) is 0. The van der Waals surface area contributed by atoms with Gasteiger partial charge in [-0.25, -0.2) is 0 Å². The summed E-state index contributed by atoms with van der Waals surface area (Å²) in [6.45, 7) is 0. The van der Waals surface area contributed by atoms with E-state index >= 15 is 0 Å². The van der Waals surface area contributed by atoms with Crippen LogP contribution in [-0.4, -0.2) is 13.7 Å². The zero-order valence-electron chi connectivity index (χ0n) is 60.6. The van der Waals surface area contributed by atoms with E-state index in [1.165, 1.54) is 0 Å². The van der Waals surface area contributed by atoms with Gasteiger partial charge in [0.05, 0.1) is 77.0 Å². The summed E-state index contributed by atoms with van der Waals surface area (Å²) >= 11 is 0. The van der Waals surface area contributed by atoms with Crippen molar-refractivity contribution in [2.45, 2.75) is 0 Å². The maximum Gasteiger partial charge on any atom is 0.0667 e. The van der Waals surface area contributed by atoms with Crippen LogP contribution in [0.2, 0.25) is 0 Å². The Morgan fingerprint density at radius 1 is 0.246 bits per heavy atom. The highest BCUT2D eigenvalue weighted by atomic mass is 15.0. The molecule has 0 saturated carbocycles. The van der Waals surface area contributed by atoms with Crippen molar-refractivity contribution < 1.29 is 43.9 Å². The third-order valence-electron chi connectivity index (χ3n) is 9.52. The molecule has 3 heterocycles. The van der Waals surface area contributed by atoms with Crippen molar-refractivity contribution >= 4 is 65.4 Å². The highest BCUT2D eigenvalue weighted by Crippen LogP contribution is 2.40. The molecule has 0 fully saturated rings. The van der Waals surface area contributed by atoms with Gasteiger partial charge in [0.2, 0.25) is 0 Å². The molecule has 0 aliphatic rings. The molecule has 0 bridgehead atoms. The van der Waals surface area contributed by atoms with Crippen molar-refractivity contribution in [1.29, 1.82) is 0 Å². The molecule has 0 spiro atoms. The van der Waals surface area contributed by atoms with Gasteiger partial charge in [-0.15, -0.1) is 0 Å². The summed E-state index contributed by atoms with van der Waals surface area (Å²) in [4.78, 5) is 0. The molecule has 12 aromatic rings. The van der Waals surface area contributed by atoms with Gasteiger partial charge < -0.3 is 13.7 Å². The first kappa shape index (κ1) is 13.5. The van der Waals surface area contributed by atoms with Crippen LogP contribution < -0.4 is 0 Å². The number of benzene rings is 9. The predicted molar refractivity (Wildman–Crippen MR) is 240 cm³/mol. The Morgan fingerprint density at radius 3 is 1.12 bits per heavy atom. The van der Waals surface area contributed by atoms with Crippen LogP contribution in [0.1, 0.15) is 43.9 Å². The molecule has 3 nitrogen and oxygen atoms in total. The Bertz CT molecular complexity index is 5180. The lowest BCUT2D eigenvalue weighted by Crippen LogP contribution is -1.98. The van der Waals surface area contributed by atoms with E-state index in [1.54, 1.807) is 0 Å². The van der Waals surface area contributed by atoms with E-state index in [0.717, 1.165) is 31.9 Å². The molecule has 12 rings (SSSR count). The average molecular weight is 758 g/mol. The number of para-hydroxylation sites is 4. The highest BCUT2D eigenvalue weighted by Gasteiger charge is 2.19. The Labute approximate surface area is 374 Å². The van der Waals surface area contributed by atoms with Crippen LogP contribution >= 0.6 is 0 Å². The smallest absolute Gasteiger partial charge is 0.0667 e. The molecule has 3 heteroatoms. The lowest BCUT2D eigenvalue weighted by molar-refractivity contribution is 1.15. The van der Waals surface area contributed by atoms with Gasteiger partial charge in [-0.1, -0.05) is 139 Å². The Kier molecular flexibility index (Phi) is 2.96. The molecule has 0 radical (unpaired) electrons. The van der Waals surface area contributed by atoms with E-state index in [4.69, 9.17) is 30.2 Å². The SMILES string of the molecule is [2H]c1c([2H])c([2H])c(-c2cc(-c3c([2H])c([2H])c([2H])c([2H])c3[2H])cc(-n3c4c([2H])c([2H])c([2H])c([2H])c4c4c([2H])c([2H])c(-n5c6c([2H])c([2H])c([2H])c([2H])c6c6c([2H])c(-n7c8c([2H])c([2H])c([2H])c([2H])c8c8c([2H])c([2H])c([2H])c([2H])c87)c([2H])c([2H])c65)c([2H])c43)c2)c([2H])c1[2H]. The topological polar surface area (TPSA) is 14.8 Å². The van der Waals surface area contributed by atoms with Crippen molar-refractivity contribution in [1.82, 2.24) is 13.7 Å². The molecular formula is C54H35N3. The van der Waals surface area contributed by atoms with Gasteiger partial charge in [0.1, 0.15) is 0 Å². The summed E-state index contributed by atoms with van der Waals surface area (Å²) in [6, 6.07) is -25.0. The van der Waals surface area contributed by atoms with Crippen LogP contribution in [0.15, 0.2) is 212 Å². The van der Waals surface area contributed by atoms with E-state index < -0.39 is 287 Å². The fourth-order valence-electron chi connectivity index (χ4n) is 7.17. The second kappa shape index (κ2) is 12.5. The van der Waals surface area contributed by atoms with Gasteiger partial charge >= 0.3 is 0 Å². The van der Waals surface area contributed by atoms with Gasteiger partial charge in [0.25, 0.3) is 0 Å². The zero-order chi connectivity index (χ0) is 65.3. The second-order valence-electron chi connectivity index (χ2n) is 12.6. The van der Waals surface area contributed by atoms with E-state index in [0.29, 0.717) is 0 Å². The predicted octanol–water partition coefficient (Wildman–Crippen LogP) is 14.3. The third-order valence-corrected chi connectivity index (χ3v) is 9.52. The lowest BCUT2D eigenvalue weighted by atomic mass is 9.98. The number of rotatable bonds is 5. The molecule has 57 heavy (non-hydrogen) atoms. The number of fused-ring (bicyclic) bond motifs is 9. The van der Waals surface area contributed by atoms with E-state index in [-0.39, 0.29) is 11.1 Å². The minimum absolute atomic E-state index is 0.333. The molecule has 0 saturated heterocycles. The molecule has 0 atom stereocenters. The summed E-state index contributed by atoms with van der Waals surface area (Å²) in [7, 11) is 0. The van der Waals surface area contributed by atoms with Crippen LogP contribution in [0.25, 0.3) is 105 Å². The molecule has 0 aliphatic heterocycles. The van der Waals surface area contributed by atoms with Crippen molar-refractivity contribution in [3.8, 4) is 39.3 Å². The minimum atomic E-state index is -1.06. The molecule has 0 amide bonds. The summed E-state index contributed by atoms with van der Waals surface area (Å²) < 4.78 is 293. The van der Waals surface area contributed by atoms with E-state index in [1.807, 2.05) is 0 Å². The van der Waals surface area contributed by atoms with Gasteiger partial charge in [-0.05, 0) is 94.8 Å². The zero-order valence-corrected chi connectivity index (χ0v) is 28.6. The van der Waals surface area contributed by atoms with Crippen LogP contribution in [-0.2, 0) is 0 Å². The molecule has 0 N–H and O–H groups in total. The first-order valence-electron chi connectivity index (χ1n) is 33.0. The summed E-state index contributed by atoms with van der Waals surface area (Å²) in [5.41, 5.74) is -7.66. The fraction of sp³-hybridized carbons (Fsp3) is 0. The van der Waals surface area contributed by atoms with Gasteiger partial charge in [0, 0.05) is 49.4 Å². The fourth-order valence-corrected chi connectivity index (χ4v) is 7.17. The van der Waals surface area contributed by atoms with Gasteiger partial charge in [-0.3, -0.25) is 0 Å². The Hall–Kier alpha value is -7.62. The summed E-state index contributed by atoms with van der Waals surface area (Å²) in [5, 5.41) is -3.38. The van der Waals surface area contributed by atoms with Crippen LogP contribution in [0.3, 0.4) is 0 Å². The maximum atomic E-state index is 10.4. The van der Waals surface area contributed by atoms with Crippen LogP contribution in [0.4, 0.5) is 0 Å². The first-order chi connectivity index (χ1) is 41.6. The van der Waals surface area contributed by atoms with Crippen molar-refractivity contribution in [3.05, 3.63) is 212 Å². The van der Waals surface area contributed by atoms with Crippen LogP contribution in [0.5, 0.6) is 0 Å². The molecular weight excluding hydrogens is 691 g/mol. The molecule has 266 valence electrons. The number of aromatic nitrogens is 3. The standard InChI is InChI=1S/C54H35N3/c1-3-15-36(16-4-1)38-31-39(37-17-5-2-6-18-37)33-42(32-38)57-51-25-13-9-21-45(51)47-29-27-41(35-54(47)57)56-52-26-14-10-22-46(52)48-34-40(28-30-53(48)56)55-49-23-11-7-19-43(49)44-20-8-12-24-50(44)55/h1-35H/i1D,2D,3D,4D,5D,6D,7D,8D,9D,10D,11D,12D,13D,14D,15D,16D,17D,18D,19D,20D,21D,22D,23D,24D,25D,26D,27D,28D,29D,30D,34D,35D. The van der Waals surface area contributed by atoms with Crippen molar-refractivity contribution in [2.24, 2.45) is 0 Å². The Balaban J connectivity index is 1.32. The molecule has 0 unspecified atom stereocenters. The first-order valence-corrected chi connectivity index (χ1v) is 17.0. The summed E-state index contributed by atoms with van der Waals surface area (Å²) in [5.74, 6) is 0. The molecule has 9 aromatic carbocycles. The number of nitrogens with zero attached hydrogens (tertiary/aromatic N) is 3. The normalized spacial score (nSPS) is 19.7. The molecule has 3 aromatic heterocycles. The average Bonchev–Trinajstić information content (AvgIpc) is 1.54. The quantitative estimate of drug-likeness (QED) is 0.166. The second-order valence-corrected chi connectivity index (χ2v) is 12.6. The Morgan fingerprint density at radius 2 is 0.614 bits per heavy atom. The van der Waals surface area contributed by atoms with E-state index in [9.17, 15) is 13.7 Å². The monoisotopic (exact) mass is 757 g/mol. The number of hydrogen-bond acceptors (Lipinski definition) is 0. The minimum Gasteiger partial charge on any atom is -0.309 e. The van der Waals surface area contributed by atoms with Crippen LogP contribution in [0, 0.1) is 0 Å². The third kappa shape index (κ3) is 4.86. The van der Waals surface area contributed by atoms with Crippen molar-refractivity contribution in [3.63, 3.8) is 0 Å². The lowest BCUT2D eigenvalue weighted by Gasteiger charge is -2.15. The highest BCUT2D eigenvalue weighted by molar-refractivity contribution is 6.13. The number of hydrogen-bond donors (Lipinski definition) is 0. The molecule has 0 aliphatic carbocycles. The van der Waals surface area contributed by atoms with Crippen molar-refractivity contribution in [2.75, 3.05) is 0 Å². The van der Waals surface area contributed by atoms with E-state index in [2.05, 4.69) is 0 Å². The largest absolute Gasteiger partial charge is 0.309 e. The maximum absolute atomic E-state index is 10.4.